The number of nitrogen functional groups attached to an aromatic ring is 1. The second-order valence-electron chi connectivity index (χ2n) is 5.00. The molecule has 1 aliphatic rings. The van der Waals surface area contributed by atoms with Gasteiger partial charge in [0.1, 0.15) is 5.82 Å². The Bertz CT molecular complexity index is 348. The number of nitrogens with two attached hydrogens (primary N) is 1. The Morgan fingerprint density at radius 1 is 1.31 bits per heavy atom. The van der Waals surface area contributed by atoms with E-state index in [4.69, 9.17) is 5.73 Å². The zero-order valence-corrected chi connectivity index (χ0v) is 10.5. The van der Waals surface area contributed by atoms with Gasteiger partial charge in [-0.1, -0.05) is 39.0 Å². The number of nitrogens with zero attached hydrogens (tertiary/aromatic N) is 2. The maximum Gasteiger partial charge on any atom is 0.124 e. The molecule has 3 nitrogen and oxygen atoms in total. The third-order valence-electron chi connectivity index (χ3n) is 3.84. The van der Waals surface area contributed by atoms with Crippen molar-refractivity contribution in [3.63, 3.8) is 0 Å². The first kappa shape index (κ1) is 11.5. The largest absolute Gasteiger partial charge is 0.384 e. The summed E-state index contributed by atoms with van der Waals surface area (Å²) in [6.45, 7) is 2.16. The average Bonchev–Trinajstić information content (AvgIpc) is 2.56. The van der Waals surface area contributed by atoms with Crippen LogP contribution in [0.5, 0.6) is 0 Å². The van der Waals surface area contributed by atoms with E-state index in [0.29, 0.717) is 0 Å². The summed E-state index contributed by atoms with van der Waals surface area (Å²) >= 11 is 0. The molecule has 2 rings (SSSR count). The first-order valence-corrected chi connectivity index (χ1v) is 6.52. The van der Waals surface area contributed by atoms with E-state index in [1.807, 2.05) is 11.7 Å². The van der Waals surface area contributed by atoms with Crippen molar-refractivity contribution in [1.82, 2.24) is 9.78 Å². The van der Waals surface area contributed by atoms with Gasteiger partial charge in [0.05, 0.1) is 5.69 Å². The summed E-state index contributed by atoms with van der Waals surface area (Å²) in [7, 11) is 1.94. The molecular weight excluding hydrogens is 198 g/mol. The molecule has 0 radical (unpaired) electrons. The van der Waals surface area contributed by atoms with Gasteiger partial charge < -0.3 is 5.73 Å². The summed E-state index contributed by atoms with van der Waals surface area (Å²) in [6.07, 6.45) is 9.10. The minimum Gasteiger partial charge on any atom is -0.384 e. The highest BCUT2D eigenvalue weighted by molar-refractivity contribution is 5.43. The SMILES string of the molecule is CCc1c(CC2CCCCC2)nn(C)c1N. The summed E-state index contributed by atoms with van der Waals surface area (Å²) in [4.78, 5) is 0. The van der Waals surface area contributed by atoms with Crippen molar-refractivity contribution in [2.24, 2.45) is 13.0 Å². The summed E-state index contributed by atoms with van der Waals surface area (Å²) in [5, 5.41) is 4.57. The lowest BCUT2D eigenvalue weighted by Gasteiger charge is -2.20. The molecule has 1 aromatic rings. The molecular formula is C13H23N3. The quantitative estimate of drug-likeness (QED) is 0.852. The summed E-state index contributed by atoms with van der Waals surface area (Å²) < 4.78 is 1.83. The standard InChI is InChI=1S/C13H23N3/c1-3-11-12(15-16(2)13(11)14)9-10-7-5-4-6-8-10/h10H,3-9,14H2,1-2H3. The second-order valence-corrected chi connectivity index (χ2v) is 5.00. The molecule has 0 aliphatic heterocycles. The van der Waals surface area contributed by atoms with Gasteiger partial charge in [-0.15, -0.1) is 0 Å². The second kappa shape index (κ2) is 4.89. The zero-order valence-electron chi connectivity index (χ0n) is 10.5. The summed E-state index contributed by atoms with van der Waals surface area (Å²) in [5.74, 6) is 1.70. The Balaban J connectivity index is 2.10. The molecule has 1 fully saturated rings. The Labute approximate surface area is 98.0 Å². The van der Waals surface area contributed by atoms with Crippen molar-refractivity contribution >= 4 is 5.82 Å². The molecule has 0 amide bonds. The van der Waals surface area contributed by atoms with Crippen molar-refractivity contribution in [2.45, 2.75) is 51.9 Å². The highest BCUT2D eigenvalue weighted by Gasteiger charge is 2.19. The Morgan fingerprint density at radius 3 is 2.62 bits per heavy atom. The minimum absolute atomic E-state index is 0.841. The van der Waals surface area contributed by atoms with Gasteiger partial charge in [-0.25, -0.2) is 0 Å². The lowest BCUT2D eigenvalue weighted by molar-refractivity contribution is 0.353. The lowest BCUT2D eigenvalue weighted by Crippen LogP contribution is -2.10. The fraction of sp³-hybridized carbons (Fsp3) is 0.769. The van der Waals surface area contributed by atoms with E-state index in [1.165, 1.54) is 43.4 Å². The molecule has 1 aromatic heterocycles. The van der Waals surface area contributed by atoms with E-state index < -0.39 is 0 Å². The predicted octanol–water partition coefficient (Wildman–Crippen LogP) is 2.69. The van der Waals surface area contributed by atoms with Gasteiger partial charge in [-0.2, -0.15) is 5.10 Å². The molecule has 1 aliphatic carbocycles. The maximum absolute atomic E-state index is 6.02. The van der Waals surface area contributed by atoms with Gasteiger partial charge in [-0.3, -0.25) is 4.68 Å². The molecule has 0 aromatic carbocycles. The fourth-order valence-corrected chi connectivity index (χ4v) is 2.85. The van der Waals surface area contributed by atoms with Crippen LogP contribution >= 0.6 is 0 Å². The highest BCUT2D eigenvalue weighted by Crippen LogP contribution is 2.28. The molecule has 1 heterocycles. The van der Waals surface area contributed by atoms with Crippen molar-refractivity contribution < 1.29 is 0 Å². The molecule has 16 heavy (non-hydrogen) atoms. The summed E-state index contributed by atoms with van der Waals surface area (Å²) in [6, 6.07) is 0. The number of hydrogen-bond acceptors (Lipinski definition) is 2. The van der Waals surface area contributed by atoms with Crippen molar-refractivity contribution in [3.8, 4) is 0 Å². The van der Waals surface area contributed by atoms with Crippen LogP contribution in [0.15, 0.2) is 0 Å². The van der Waals surface area contributed by atoms with Gasteiger partial charge in [0.2, 0.25) is 0 Å². The smallest absolute Gasteiger partial charge is 0.124 e. The average molecular weight is 221 g/mol. The first-order valence-electron chi connectivity index (χ1n) is 6.52. The van der Waals surface area contributed by atoms with Crippen LogP contribution in [0.3, 0.4) is 0 Å². The number of aromatic nitrogens is 2. The third kappa shape index (κ3) is 2.23. The van der Waals surface area contributed by atoms with Crippen LogP contribution in [0.4, 0.5) is 5.82 Å². The molecule has 0 saturated heterocycles. The molecule has 0 unspecified atom stereocenters. The normalized spacial score (nSPS) is 17.9. The monoisotopic (exact) mass is 221 g/mol. The van der Waals surface area contributed by atoms with Crippen molar-refractivity contribution in [2.75, 3.05) is 5.73 Å². The zero-order chi connectivity index (χ0) is 11.5. The van der Waals surface area contributed by atoms with Crippen LogP contribution in [0.25, 0.3) is 0 Å². The van der Waals surface area contributed by atoms with Crippen LogP contribution in [-0.2, 0) is 19.9 Å². The van der Waals surface area contributed by atoms with Gasteiger partial charge in [0, 0.05) is 12.6 Å². The Hall–Kier alpha value is -0.990. The molecule has 3 heteroatoms. The van der Waals surface area contributed by atoms with Crippen LogP contribution < -0.4 is 5.73 Å². The molecule has 0 bridgehead atoms. The molecule has 1 saturated carbocycles. The van der Waals surface area contributed by atoms with Crippen LogP contribution in [0, 0.1) is 5.92 Å². The topological polar surface area (TPSA) is 43.8 Å². The molecule has 0 spiro atoms. The third-order valence-corrected chi connectivity index (χ3v) is 3.84. The fourth-order valence-electron chi connectivity index (χ4n) is 2.85. The van der Waals surface area contributed by atoms with Crippen LogP contribution in [0.1, 0.15) is 50.3 Å². The van der Waals surface area contributed by atoms with Crippen molar-refractivity contribution in [3.05, 3.63) is 11.3 Å². The number of rotatable bonds is 3. The maximum atomic E-state index is 6.02. The predicted molar refractivity (Wildman–Crippen MR) is 67.3 cm³/mol. The van der Waals surface area contributed by atoms with Gasteiger partial charge in [0.25, 0.3) is 0 Å². The Morgan fingerprint density at radius 2 is 2.00 bits per heavy atom. The van der Waals surface area contributed by atoms with E-state index in [1.54, 1.807) is 0 Å². The number of anilines is 1. The van der Waals surface area contributed by atoms with Gasteiger partial charge >= 0.3 is 0 Å². The lowest BCUT2D eigenvalue weighted by atomic mass is 9.85. The molecule has 90 valence electrons. The molecule has 0 atom stereocenters. The minimum atomic E-state index is 0.841. The van der Waals surface area contributed by atoms with Crippen molar-refractivity contribution in [1.29, 1.82) is 0 Å². The number of aryl methyl sites for hydroxylation is 1. The Kier molecular flexibility index (Phi) is 3.52. The van der Waals surface area contributed by atoms with E-state index in [9.17, 15) is 0 Å². The van der Waals surface area contributed by atoms with E-state index in [2.05, 4.69) is 12.0 Å². The summed E-state index contributed by atoms with van der Waals surface area (Å²) in [5.41, 5.74) is 8.54. The van der Waals surface area contributed by atoms with E-state index in [-0.39, 0.29) is 0 Å². The highest BCUT2D eigenvalue weighted by atomic mass is 15.3. The number of hydrogen-bond donors (Lipinski definition) is 1. The molecule has 2 N–H and O–H groups in total. The van der Waals surface area contributed by atoms with Crippen LogP contribution in [-0.4, -0.2) is 9.78 Å². The first-order chi connectivity index (χ1) is 7.72. The van der Waals surface area contributed by atoms with E-state index in [0.717, 1.165) is 24.6 Å². The van der Waals surface area contributed by atoms with Gasteiger partial charge in [-0.05, 0) is 18.8 Å². The van der Waals surface area contributed by atoms with E-state index >= 15 is 0 Å². The van der Waals surface area contributed by atoms with Gasteiger partial charge in [0.15, 0.2) is 0 Å². The van der Waals surface area contributed by atoms with Crippen LogP contribution in [0.2, 0.25) is 0 Å².